The second kappa shape index (κ2) is 8.96. The topological polar surface area (TPSA) is 70.2 Å². The van der Waals surface area contributed by atoms with Crippen LogP contribution in [-0.2, 0) is 11.3 Å². The zero-order valence-electron chi connectivity index (χ0n) is 12.1. The number of carbonyl (C=O) groups is 2. The third kappa shape index (κ3) is 7.41. The minimum absolute atomic E-state index is 0.0398. The maximum absolute atomic E-state index is 11.5. The fourth-order valence-corrected chi connectivity index (χ4v) is 1.54. The first-order valence-electron chi connectivity index (χ1n) is 6.90. The van der Waals surface area contributed by atoms with Crippen molar-refractivity contribution in [3.63, 3.8) is 0 Å². The molecule has 110 valence electrons. The summed E-state index contributed by atoms with van der Waals surface area (Å²) < 4.78 is 0. The molecule has 0 atom stereocenters. The van der Waals surface area contributed by atoms with Crippen LogP contribution in [-0.4, -0.2) is 25.0 Å². The SMILES string of the molecule is CC(C)CNC(=O)CCNC(=O)NCc1ccccc1. The fourth-order valence-electron chi connectivity index (χ4n) is 1.54. The molecule has 0 heterocycles. The lowest BCUT2D eigenvalue weighted by molar-refractivity contribution is -0.121. The molecule has 0 bridgehead atoms. The molecule has 0 saturated heterocycles. The summed E-state index contributed by atoms with van der Waals surface area (Å²) >= 11 is 0. The van der Waals surface area contributed by atoms with E-state index in [1.807, 2.05) is 44.2 Å². The van der Waals surface area contributed by atoms with Crippen molar-refractivity contribution in [1.29, 1.82) is 0 Å². The lowest BCUT2D eigenvalue weighted by Crippen LogP contribution is -2.37. The molecule has 1 aromatic carbocycles. The Morgan fingerprint density at radius 2 is 1.75 bits per heavy atom. The van der Waals surface area contributed by atoms with Crippen LogP contribution in [0.1, 0.15) is 25.8 Å². The molecule has 0 saturated carbocycles. The van der Waals surface area contributed by atoms with Crippen molar-refractivity contribution >= 4 is 11.9 Å². The summed E-state index contributed by atoms with van der Waals surface area (Å²) in [5, 5.41) is 8.20. The highest BCUT2D eigenvalue weighted by atomic mass is 16.2. The molecule has 0 unspecified atom stereocenters. The van der Waals surface area contributed by atoms with Crippen LogP contribution in [0.4, 0.5) is 4.79 Å². The van der Waals surface area contributed by atoms with Gasteiger partial charge in [0.05, 0.1) is 0 Å². The fraction of sp³-hybridized carbons (Fsp3) is 0.467. The molecule has 0 aliphatic heterocycles. The zero-order valence-corrected chi connectivity index (χ0v) is 12.1. The van der Waals surface area contributed by atoms with Crippen LogP contribution in [0.2, 0.25) is 0 Å². The Hall–Kier alpha value is -2.04. The standard InChI is InChI=1S/C15H23N3O2/c1-12(2)10-17-14(19)8-9-16-15(20)18-11-13-6-4-3-5-7-13/h3-7,12H,8-11H2,1-2H3,(H,17,19)(H2,16,18,20). The lowest BCUT2D eigenvalue weighted by atomic mass is 10.2. The minimum atomic E-state index is -0.259. The average molecular weight is 277 g/mol. The summed E-state index contributed by atoms with van der Waals surface area (Å²) in [6.07, 6.45) is 0.297. The summed E-state index contributed by atoms with van der Waals surface area (Å²) in [7, 11) is 0. The summed E-state index contributed by atoms with van der Waals surface area (Å²) in [5.41, 5.74) is 1.04. The molecule has 3 amide bonds. The van der Waals surface area contributed by atoms with Gasteiger partial charge in [0.15, 0.2) is 0 Å². The van der Waals surface area contributed by atoms with E-state index in [9.17, 15) is 9.59 Å². The van der Waals surface area contributed by atoms with Crippen molar-refractivity contribution in [3.8, 4) is 0 Å². The number of benzene rings is 1. The van der Waals surface area contributed by atoms with E-state index < -0.39 is 0 Å². The largest absolute Gasteiger partial charge is 0.356 e. The van der Waals surface area contributed by atoms with Crippen LogP contribution in [0.25, 0.3) is 0 Å². The summed E-state index contributed by atoms with van der Waals surface area (Å²) in [4.78, 5) is 22.9. The minimum Gasteiger partial charge on any atom is -0.356 e. The van der Waals surface area contributed by atoms with E-state index >= 15 is 0 Å². The Morgan fingerprint density at radius 1 is 1.05 bits per heavy atom. The molecular weight excluding hydrogens is 254 g/mol. The van der Waals surface area contributed by atoms with Crippen LogP contribution in [0, 0.1) is 5.92 Å². The van der Waals surface area contributed by atoms with Gasteiger partial charge in [-0.05, 0) is 11.5 Å². The third-order valence-corrected chi connectivity index (χ3v) is 2.64. The predicted octanol–water partition coefficient (Wildman–Crippen LogP) is 1.65. The van der Waals surface area contributed by atoms with Crippen LogP contribution in [0.5, 0.6) is 0 Å². The predicted molar refractivity (Wildman–Crippen MR) is 79.1 cm³/mol. The Labute approximate surface area is 120 Å². The first-order chi connectivity index (χ1) is 9.58. The first kappa shape index (κ1) is 16.0. The van der Waals surface area contributed by atoms with Crippen LogP contribution in [0.15, 0.2) is 30.3 Å². The van der Waals surface area contributed by atoms with Gasteiger partial charge in [0, 0.05) is 26.1 Å². The van der Waals surface area contributed by atoms with Gasteiger partial charge < -0.3 is 16.0 Å². The van der Waals surface area contributed by atoms with Crippen molar-refractivity contribution in [2.24, 2.45) is 5.92 Å². The molecule has 5 nitrogen and oxygen atoms in total. The van der Waals surface area contributed by atoms with Crippen molar-refractivity contribution in [1.82, 2.24) is 16.0 Å². The highest BCUT2D eigenvalue weighted by Crippen LogP contribution is 1.96. The van der Waals surface area contributed by atoms with Gasteiger partial charge in [-0.2, -0.15) is 0 Å². The van der Waals surface area contributed by atoms with Gasteiger partial charge in [0.25, 0.3) is 0 Å². The number of rotatable bonds is 7. The molecular formula is C15H23N3O2. The molecule has 0 aromatic heterocycles. The van der Waals surface area contributed by atoms with Gasteiger partial charge in [-0.1, -0.05) is 44.2 Å². The number of urea groups is 1. The van der Waals surface area contributed by atoms with Gasteiger partial charge in [0.2, 0.25) is 5.91 Å². The van der Waals surface area contributed by atoms with E-state index in [1.165, 1.54) is 0 Å². The molecule has 0 radical (unpaired) electrons. The van der Waals surface area contributed by atoms with Crippen molar-refractivity contribution in [3.05, 3.63) is 35.9 Å². The van der Waals surface area contributed by atoms with Crippen molar-refractivity contribution < 1.29 is 9.59 Å². The molecule has 1 rings (SSSR count). The first-order valence-corrected chi connectivity index (χ1v) is 6.90. The third-order valence-electron chi connectivity index (χ3n) is 2.64. The lowest BCUT2D eigenvalue weighted by Gasteiger charge is -2.09. The average Bonchev–Trinajstić information content (AvgIpc) is 2.44. The highest BCUT2D eigenvalue weighted by molar-refractivity contribution is 5.78. The van der Waals surface area contributed by atoms with Gasteiger partial charge >= 0.3 is 6.03 Å². The molecule has 3 N–H and O–H groups in total. The molecule has 0 aliphatic rings. The quantitative estimate of drug-likeness (QED) is 0.709. The van der Waals surface area contributed by atoms with Crippen LogP contribution in [0.3, 0.4) is 0 Å². The second-order valence-electron chi connectivity index (χ2n) is 5.04. The molecule has 0 spiro atoms. The molecule has 20 heavy (non-hydrogen) atoms. The molecule has 1 aromatic rings. The Bertz CT molecular complexity index is 418. The summed E-state index contributed by atoms with van der Waals surface area (Å²) in [5.74, 6) is 0.392. The normalized spacial score (nSPS) is 10.2. The van der Waals surface area contributed by atoms with Crippen LogP contribution < -0.4 is 16.0 Å². The Balaban J connectivity index is 2.10. The highest BCUT2D eigenvalue weighted by Gasteiger charge is 2.04. The Kier molecular flexibility index (Phi) is 7.17. The number of carbonyl (C=O) groups excluding carboxylic acids is 2. The van der Waals surface area contributed by atoms with Crippen LogP contribution >= 0.6 is 0 Å². The smallest absolute Gasteiger partial charge is 0.315 e. The van der Waals surface area contributed by atoms with Gasteiger partial charge in [-0.15, -0.1) is 0 Å². The molecule has 0 aliphatic carbocycles. The monoisotopic (exact) mass is 277 g/mol. The van der Waals surface area contributed by atoms with E-state index in [-0.39, 0.29) is 11.9 Å². The summed E-state index contributed by atoms with van der Waals surface area (Å²) in [6, 6.07) is 9.41. The van der Waals surface area contributed by atoms with E-state index in [1.54, 1.807) is 0 Å². The molecule has 0 fully saturated rings. The van der Waals surface area contributed by atoms with Gasteiger partial charge in [0.1, 0.15) is 0 Å². The van der Waals surface area contributed by atoms with E-state index in [2.05, 4.69) is 16.0 Å². The van der Waals surface area contributed by atoms with E-state index in [4.69, 9.17) is 0 Å². The maximum atomic E-state index is 11.5. The van der Waals surface area contributed by atoms with Crippen molar-refractivity contribution in [2.75, 3.05) is 13.1 Å². The Morgan fingerprint density at radius 3 is 2.40 bits per heavy atom. The van der Waals surface area contributed by atoms with E-state index in [0.29, 0.717) is 32.0 Å². The van der Waals surface area contributed by atoms with Crippen molar-refractivity contribution in [2.45, 2.75) is 26.8 Å². The van der Waals surface area contributed by atoms with Gasteiger partial charge in [-0.25, -0.2) is 4.79 Å². The maximum Gasteiger partial charge on any atom is 0.315 e. The zero-order chi connectivity index (χ0) is 14.8. The number of nitrogens with one attached hydrogen (secondary N) is 3. The second-order valence-corrected chi connectivity index (χ2v) is 5.04. The number of hydrogen-bond donors (Lipinski definition) is 3. The van der Waals surface area contributed by atoms with Gasteiger partial charge in [-0.3, -0.25) is 4.79 Å². The molecule has 5 heteroatoms. The number of amides is 3. The van der Waals surface area contributed by atoms with E-state index in [0.717, 1.165) is 5.56 Å². The number of hydrogen-bond acceptors (Lipinski definition) is 2. The summed E-state index contributed by atoms with van der Waals surface area (Å²) in [6.45, 7) is 5.56.